The summed E-state index contributed by atoms with van der Waals surface area (Å²) in [5, 5.41) is 10.5. The number of aliphatic hydroxyl groups is 1. The second kappa shape index (κ2) is 11.7. The lowest BCUT2D eigenvalue weighted by atomic mass is 9.62. The minimum Gasteiger partial charge on any atom is -0.394 e. The second-order valence-electron chi connectivity index (χ2n) is 12.8. The molecule has 4 rings (SSSR count). The van der Waals surface area contributed by atoms with E-state index in [1.165, 1.54) is 0 Å². The summed E-state index contributed by atoms with van der Waals surface area (Å²) in [6.07, 6.45) is 3.86. The molecule has 3 aliphatic heterocycles. The molecule has 3 aliphatic rings. The van der Waals surface area contributed by atoms with Gasteiger partial charge in [0.2, 0.25) is 17.7 Å². The van der Waals surface area contributed by atoms with Crippen LogP contribution in [0.25, 0.3) is 0 Å². The van der Waals surface area contributed by atoms with Crippen LogP contribution in [-0.2, 0) is 25.7 Å². The Kier molecular flexibility index (Phi) is 8.86. The largest absolute Gasteiger partial charge is 0.394 e. The van der Waals surface area contributed by atoms with Crippen molar-refractivity contribution in [3.8, 4) is 0 Å². The smallest absolute Gasteiger partial charge is 0.248 e. The third kappa shape index (κ3) is 4.93. The highest BCUT2D eigenvalue weighted by molar-refractivity contribution is 5.99. The molecule has 8 heteroatoms. The number of ether oxygens (including phenoxy) is 1. The molecule has 0 aromatic heterocycles. The number of carbonyl (C=O) groups is 3. The van der Waals surface area contributed by atoms with Crippen LogP contribution in [-0.4, -0.2) is 86.6 Å². The molecule has 3 amide bonds. The van der Waals surface area contributed by atoms with E-state index < -0.39 is 35.1 Å². The molecule has 3 heterocycles. The lowest BCUT2D eigenvalue weighted by molar-refractivity contribution is -0.159. The first kappa shape index (κ1) is 31.0. The summed E-state index contributed by atoms with van der Waals surface area (Å²) >= 11 is 0. The molecule has 41 heavy (non-hydrogen) atoms. The van der Waals surface area contributed by atoms with Crippen molar-refractivity contribution in [2.24, 2.45) is 23.7 Å². The van der Waals surface area contributed by atoms with Crippen molar-refractivity contribution in [1.29, 1.82) is 0 Å². The van der Waals surface area contributed by atoms with E-state index in [9.17, 15) is 19.5 Å². The number of amides is 3. The average molecular weight is 566 g/mol. The van der Waals surface area contributed by atoms with Crippen LogP contribution in [0, 0.1) is 23.7 Å². The summed E-state index contributed by atoms with van der Waals surface area (Å²) in [5.74, 6) is -2.49. The number of nitrogens with zero attached hydrogens (tertiary/aromatic N) is 3. The number of hydrogen-bond acceptors (Lipinski definition) is 5. The summed E-state index contributed by atoms with van der Waals surface area (Å²) in [5.41, 5.74) is -1.12. The summed E-state index contributed by atoms with van der Waals surface area (Å²) in [6, 6.07) is 8.06. The van der Waals surface area contributed by atoms with Crippen LogP contribution in [0.3, 0.4) is 0 Å². The van der Waals surface area contributed by atoms with Gasteiger partial charge in [-0.2, -0.15) is 0 Å². The highest BCUT2D eigenvalue weighted by Crippen LogP contribution is 2.66. The normalized spacial score (nSPS) is 31.0. The maximum atomic E-state index is 14.6. The number of aliphatic hydroxyl groups excluding tert-OH is 1. The fourth-order valence-electron chi connectivity index (χ4n) is 7.55. The Labute approximate surface area is 245 Å². The minimum atomic E-state index is -1.17. The molecular formula is C33H47N3O5. The Balaban J connectivity index is 1.85. The zero-order valence-corrected chi connectivity index (χ0v) is 25.5. The number of likely N-dealkylation sites (tertiary alicyclic amines) is 1. The number of benzene rings is 1. The van der Waals surface area contributed by atoms with Gasteiger partial charge in [-0.1, -0.05) is 63.3 Å². The monoisotopic (exact) mass is 565 g/mol. The van der Waals surface area contributed by atoms with Crippen molar-refractivity contribution < 1.29 is 24.2 Å². The van der Waals surface area contributed by atoms with Gasteiger partial charge in [0.1, 0.15) is 11.6 Å². The van der Waals surface area contributed by atoms with E-state index in [1.54, 1.807) is 26.9 Å². The highest BCUT2D eigenvalue weighted by Gasteiger charge is 2.80. The molecule has 7 atom stereocenters. The molecule has 0 aliphatic carbocycles. The van der Waals surface area contributed by atoms with E-state index in [0.29, 0.717) is 26.1 Å². The van der Waals surface area contributed by atoms with Gasteiger partial charge >= 0.3 is 0 Å². The molecule has 1 aromatic carbocycles. The van der Waals surface area contributed by atoms with Crippen molar-refractivity contribution in [2.75, 3.05) is 19.7 Å². The molecular weight excluding hydrogens is 518 g/mol. The van der Waals surface area contributed by atoms with Gasteiger partial charge in [-0.15, -0.1) is 13.2 Å². The van der Waals surface area contributed by atoms with E-state index in [4.69, 9.17) is 4.74 Å². The predicted octanol–water partition coefficient (Wildman–Crippen LogP) is 3.65. The number of hydrogen-bond donors (Lipinski definition) is 1. The van der Waals surface area contributed by atoms with Crippen LogP contribution in [0.4, 0.5) is 0 Å². The Morgan fingerprint density at radius 2 is 1.76 bits per heavy atom. The quantitative estimate of drug-likeness (QED) is 0.391. The summed E-state index contributed by atoms with van der Waals surface area (Å²) in [4.78, 5) is 48.6. The summed E-state index contributed by atoms with van der Waals surface area (Å²) in [6.45, 7) is 20.2. The molecule has 2 bridgehead atoms. The average Bonchev–Trinajstić information content (AvgIpc) is 3.44. The van der Waals surface area contributed by atoms with Gasteiger partial charge in [0.15, 0.2) is 0 Å². The maximum absolute atomic E-state index is 14.6. The zero-order chi connectivity index (χ0) is 30.3. The van der Waals surface area contributed by atoms with Crippen LogP contribution < -0.4 is 0 Å². The van der Waals surface area contributed by atoms with Gasteiger partial charge in [0.05, 0.1) is 30.1 Å². The van der Waals surface area contributed by atoms with Crippen molar-refractivity contribution in [3.63, 3.8) is 0 Å². The van der Waals surface area contributed by atoms with Gasteiger partial charge in [-0.05, 0) is 44.6 Å². The summed E-state index contributed by atoms with van der Waals surface area (Å²) < 4.78 is 6.92. The molecule has 3 unspecified atom stereocenters. The maximum Gasteiger partial charge on any atom is 0.248 e. The molecule has 8 nitrogen and oxygen atoms in total. The standard InChI is InChI=1S/C33H47N3O5/c1-9-16-34(19-24-14-12-11-13-15-24)29(38)26-27-30(39)36(25(20-37)21(3)4)28(31(40)35(17-10-2)22(5)6)33(27)18-23(7)32(26,8)41-33/h9-15,21-23,25-28,37H,1-2,16-20H2,3-8H3/t23?,25-,26+,27-,28?,32-,33?/m0/s1. The number of fused-ring (bicyclic) bond motifs is 1. The predicted molar refractivity (Wildman–Crippen MR) is 158 cm³/mol. The molecule has 0 saturated carbocycles. The van der Waals surface area contributed by atoms with E-state index in [2.05, 4.69) is 13.2 Å². The first-order valence-corrected chi connectivity index (χ1v) is 14.9. The number of rotatable bonds is 12. The Morgan fingerprint density at radius 1 is 1.12 bits per heavy atom. The van der Waals surface area contributed by atoms with Crippen LogP contribution in [0.1, 0.15) is 53.5 Å². The van der Waals surface area contributed by atoms with Gasteiger partial charge < -0.3 is 24.5 Å². The van der Waals surface area contributed by atoms with Crippen LogP contribution in [0.2, 0.25) is 0 Å². The van der Waals surface area contributed by atoms with Gasteiger partial charge in [0.25, 0.3) is 0 Å². The van der Waals surface area contributed by atoms with Crippen molar-refractivity contribution in [3.05, 3.63) is 61.2 Å². The third-order valence-electron chi connectivity index (χ3n) is 9.68. The topological polar surface area (TPSA) is 90.4 Å². The van der Waals surface area contributed by atoms with E-state index in [0.717, 1.165) is 5.56 Å². The van der Waals surface area contributed by atoms with E-state index >= 15 is 0 Å². The number of carbonyl (C=O) groups excluding carboxylic acids is 3. The minimum absolute atomic E-state index is 0.0726. The first-order valence-electron chi connectivity index (χ1n) is 14.9. The van der Waals surface area contributed by atoms with Crippen LogP contribution in [0.5, 0.6) is 0 Å². The first-order chi connectivity index (χ1) is 19.4. The Hall–Kier alpha value is -2.97. The Morgan fingerprint density at radius 3 is 2.29 bits per heavy atom. The highest BCUT2D eigenvalue weighted by atomic mass is 16.5. The molecule has 0 radical (unpaired) electrons. The van der Waals surface area contributed by atoms with Crippen molar-refractivity contribution >= 4 is 17.7 Å². The van der Waals surface area contributed by atoms with E-state index in [-0.39, 0.29) is 42.2 Å². The lowest BCUT2D eigenvalue weighted by Crippen LogP contribution is -2.60. The van der Waals surface area contributed by atoms with Gasteiger partial charge in [0, 0.05) is 25.7 Å². The molecule has 224 valence electrons. The third-order valence-corrected chi connectivity index (χ3v) is 9.68. The molecule has 1 N–H and O–H groups in total. The van der Waals surface area contributed by atoms with Crippen molar-refractivity contribution in [2.45, 2.75) is 83.8 Å². The fraction of sp³-hybridized carbons (Fsp3) is 0.606. The zero-order valence-electron chi connectivity index (χ0n) is 25.5. The SMILES string of the molecule is C=CCN(Cc1ccccc1)C(=O)[C@H]1[C@H]2C(=O)N([C@@H](CO)C(C)C)C(C(=O)N(CC=C)C(C)C)C23CC(C)[C@]1(C)O3. The molecule has 3 fully saturated rings. The summed E-state index contributed by atoms with van der Waals surface area (Å²) in [7, 11) is 0. The van der Waals surface area contributed by atoms with Gasteiger partial charge in [-0.3, -0.25) is 14.4 Å². The van der Waals surface area contributed by atoms with Crippen molar-refractivity contribution in [1.82, 2.24) is 14.7 Å². The van der Waals surface area contributed by atoms with E-state index in [1.807, 2.05) is 71.9 Å². The van der Waals surface area contributed by atoms with Crippen LogP contribution in [0.15, 0.2) is 55.6 Å². The molecule has 1 aromatic rings. The van der Waals surface area contributed by atoms with Gasteiger partial charge in [-0.25, -0.2) is 0 Å². The molecule has 1 spiro atoms. The molecule has 3 saturated heterocycles. The lowest BCUT2D eigenvalue weighted by Gasteiger charge is -2.41. The second-order valence-corrected chi connectivity index (χ2v) is 12.8. The van der Waals surface area contributed by atoms with Crippen LogP contribution >= 0.6 is 0 Å². The Bertz CT molecular complexity index is 1170. The fourth-order valence-corrected chi connectivity index (χ4v) is 7.55.